The summed E-state index contributed by atoms with van der Waals surface area (Å²) in [6.45, 7) is 6.20. The minimum Gasteiger partial charge on any atom is -0.493 e. The number of hydrogen-bond donors (Lipinski definition) is 0. The molecule has 0 radical (unpaired) electrons. The van der Waals surface area contributed by atoms with Gasteiger partial charge in [-0.1, -0.05) is 19.4 Å². The Balaban J connectivity index is 3.21. The molecule has 19 heavy (non-hydrogen) atoms. The molecule has 0 aliphatic heterocycles. The van der Waals surface area contributed by atoms with Gasteiger partial charge in [0.1, 0.15) is 0 Å². The zero-order valence-electron chi connectivity index (χ0n) is 11.3. The van der Waals surface area contributed by atoms with Crippen molar-refractivity contribution in [3.05, 3.63) is 40.5 Å². The first-order chi connectivity index (χ1) is 9.15. The van der Waals surface area contributed by atoms with Gasteiger partial charge < -0.3 is 9.47 Å². The number of allylic oxidation sites excluding steroid dienone is 1. The number of ether oxygens (including phenoxy) is 2. The zero-order valence-corrected chi connectivity index (χ0v) is 11.3. The van der Waals surface area contributed by atoms with Gasteiger partial charge in [0, 0.05) is 12.5 Å². The highest BCUT2D eigenvalue weighted by Crippen LogP contribution is 2.38. The van der Waals surface area contributed by atoms with Crippen molar-refractivity contribution in [2.45, 2.75) is 26.2 Å². The lowest BCUT2D eigenvalue weighted by Gasteiger charge is -2.14. The van der Waals surface area contributed by atoms with Gasteiger partial charge in [0.05, 0.1) is 24.2 Å². The predicted molar refractivity (Wildman–Crippen MR) is 74.0 cm³/mol. The number of rotatable bonds is 8. The van der Waals surface area contributed by atoms with E-state index in [1.165, 1.54) is 13.2 Å². The van der Waals surface area contributed by atoms with Gasteiger partial charge in [-0.05, 0) is 12.5 Å². The standard InChI is InChI=1S/C14H19NO4/c1-4-6-10-19-14-11(7-5-2)12(15(16)17)8-9-13(14)18-3/h5,8-9H,2,4,6-7,10H2,1,3H3. The number of benzene rings is 1. The second kappa shape index (κ2) is 7.41. The van der Waals surface area contributed by atoms with E-state index in [9.17, 15) is 10.1 Å². The second-order valence-electron chi connectivity index (χ2n) is 4.05. The average molecular weight is 265 g/mol. The third-order valence-corrected chi connectivity index (χ3v) is 2.71. The van der Waals surface area contributed by atoms with Crippen LogP contribution in [0.4, 0.5) is 5.69 Å². The van der Waals surface area contributed by atoms with Gasteiger partial charge in [0.25, 0.3) is 5.69 Å². The average Bonchev–Trinajstić information content (AvgIpc) is 2.40. The largest absolute Gasteiger partial charge is 0.493 e. The van der Waals surface area contributed by atoms with E-state index < -0.39 is 4.92 Å². The van der Waals surface area contributed by atoms with Crippen LogP contribution in [0.25, 0.3) is 0 Å². The van der Waals surface area contributed by atoms with Crippen molar-refractivity contribution >= 4 is 5.69 Å². The summed E-state index contributed by atoms with van der Waals surface area (Å²) < 4.78 is 10.9. The molecule has 0 spiro atoms. The van der Waals surface area contributed by atoms with E-state index in [2.05, 4.69) is 13.5 Å². The molecule has 0 aromatic heterocycles. The normalized spacial score (nSPS) is 10.0. The number of methoxy groups -OCH3 is 1. The minimum atomic E-state index is -0.412. The van der Waals surface area contributed by atoms with Crippen LogP contribution < -0.4 is 9.47 Å². The summed E-state index contributed by atoms with van der Waals surface area (Å²) >= 11 is 0. The molecule has 0 aliphatic rings. The lowest BCUT2D eigenvalue weighted by atomic mass is 10.1. The molecule has 5 heteroatoms. The van der Waals surface area contributed by atoms with Crippen LogP contribution in [0, 0.1) is 10.1 Å². The van der Waals surface area contributed by atoms with Crippen molar-refractivity contribution in [3.63, 3.8) is 0 Å². The van der Waals surface area contributed by atoms with E-state index in [0.717, 1.165) is 12.8 Å². The van der Waals surface area contributed by atoms with Gasteiger partial charge in [-0.2, -0.15) is 0 Å². The molecule has 5 nitrogen and oxygen atoms in total. The maximum absolute atomic E-state index is 11.1. The molecule has 0 amide bonds. The Morgan fingerprint density at radius 3 is 2.74 bits per heavy atom. The molecule has 0 fully saturated rings. The lowest BCUT2D eigenvalue weighted by Crippen LogP contribution is -2.04. The summed E-state index contributed by atoms with van der Waals surface area (Å²) in [5, 5.41) is 11.1. The molecule has 0 saturated carbocycles. The SMILES string of the molecule is C=CCc1c([N+](=O)[O-])ccc(OC)c1OCCCC. The molecular weight excluding hydrogens is 246 g/mol. The fourth-order valence-electron chi connectivity index (χ4n) is 1.75. The van der Waals surface area contributed by atoms with E-state index >= 15 is 0 Å². The Labute approximate surface area is 113 Å². The van der Waals surface area contributed by atoms with E-state index in [-0.39, 0.29) is 5.69 Å². The molecule has 0 unspecified atom stereocenters. The summed E-state index contributed by atoms with van der Waals surface area (Å²) in [5.41, 5.74) is 0.544. The highest BCUT2D eigenvalue weighted by Gasteiger charge is 2.21. The van der Waals surface area contributed by atoms with Gasteiger partial charge in [-0.25, -0.2) is 0 Å². The molecule has 1 aromatic carbocycles. The molecule has 0 bridgehead atoms. The zero-order chi connectivity index (χ0) is 14.3. The van der Waals surface area contributed by atoms with Crippen LogP contribution in [-0.4, -0.2) is 18.6 Å². The number of nitrogens with zero attached hydrogens (tertiary/aromatic N) is 1. The number of nitro groups is 1. The number of nitro benzene ring substituents is 1. The Hall–Kier alpha value is -2.04. The maximum Gasteiger partial charge on any atom is 0.276 e. The summed E-state index contributed by atoms with van der Waals surface area (Å²) in [6, 6.07) is 3.00. The first kappa shape index (κ1) is 15.0. The van der Waals surface area contributed by atoms with Crippen molar-refractivity contribution in [3.8, 4) is 11.5 Å². The fraction of sp³-hybridized carbons (Fsp3) is 0.429. The Morgan fingerprint density at radius 1 is 1.47 bits per heavy atom. The summed E-state index contributed by atoms with van der Waals surface area (Å²) in [4.78, 5) is 10.6. The topological polar surface area (TPSA) is 61.6 Å². The molecular formula is C14H19NO4. The predicted octanol–water partition coefficient (Wildman–Crippen LogP) is 3.51. The molecule has 1 rings (SSSR count). The highest BCUT2D eigenvalue weighted by atomic mass is 16.6. The van der Waals surface area contributed by atoms with Crippen LogP contribution in [0.5, 0.6) is 11.5 Å². The van der Waals surface area contributed by atoms with E-state index in [4.69, 9.17) is 9.47 Å². The van der Waals surface area contributed by atoms with Crippen molar-refractivity contribution in [2.24, 2.45) is 0 Å². The van der Waals surface area contributed by atoms with E-state index in [0.29, 0.717) is 30.1 Å². The molecule has 0 atom stereocenters. The van der Waals surface area contributed by atoms with E-state index in [1.807, 2.05) is 0 Å². The summed E-state index contributed by atoms with van der Waals surface area (Å²) in [5.74, 6) is 0.962. The van der Waals surface area contributed by atoms with Crippen LogP contribution in [0.3, 0.4) is 0 Å². The lowest BCUT2D eigenvalue weighted by molar-refractivity contribution is -0.385. The van der Waals surface area contributed by atoms with Gasteiger partial charge >= 0.3 is 0 Å². The van der Waals surface area contributed by atoms with Crippen molar-refractivity contribution in [1.29, 1.82) is 0 Å². The van der Waals surface area contributed by atoms with Crippen molar-refractivity contribution in [1.82, 2.24) is 0 Å². The third-order valence-electron chi connectivity index (χ3n) is 2.71. The van der Waals surface area contributed by atoms with E-state index in [1.54, 1.807) is 12.1 Å². The van der Waals surface area contributed by atoms with Gasteiger partial charge in [0.2, 0.25) is 0 Å². The fourth-order valence-corrected chi connectivity index (χ4v) is 1.75. The van der Waals surface area contributed by atoms with Crippen LogP contribution in [0.2, 0.25) is 0 Å². The Morgan fingerprint density at radius 2 is 2.21 bits per heavy atom. The first-order valence-corrected chi connectivity index (χ1v) is 6.23. The van der Waals surface area contributed by atoms with Crippen molar-refractivity contribution < 1.29 is 14.4 Å². The van der Waals surface area contributed by atoms with Crippen LogP contribution in [0.1, 0.15) is 25.3 Å². The molecule has 0 N–H and O–H groups in total. The highest BCUT2D eigenvalue weighted by molar-refractivity contribution is 5.57. The quantitative estimate of drug-likeness (QED) is 0.312. The molecule has 1 aromatic rings. The van der Waals surface area contributed by atoms with Crippen LogP contribution >= 0.6 is 0 Å². The maximum atomic E-state index is 11.1. The van der Waals surface area contributed by atoms with Crippen LogP contribution in [-0.2, 0) is 6.42 Å². The first-order valence-electron chi connectivity index (χ1n) is 6.23. The number of unbranched alkanes of at least 4 members (excludes halogenated alkanes) is 1. The molecule has 0 saturated heterocycles. The van der Waals surface area contributed by atoms with Gasteiger partial charge in [-0.15, -0.1) is 6.58 Å². The van der Waals surface area contributed by atoms with Gasteiger partial charge in [-0.3, -0.25) is 10.1 Å². The van der Waals surface area contributed by atoms with Crippen LogP contribution in [0.15, 0.2) is 24.8 Å². The minimum absolute atomic E-state index is 0.0344. The molecule has 104 valence electrons. The third kappa shape index (κ3) is 3.71. The smallest absolute Gasteiger partial charge is 0.276 e. The van der Waals surface area contributed by atoms with Crippen molar-refractivity contribution in [2.75, 3.05) is 13.7 Å². The molecule has 0 heterocycles. The summed E-state index contributed by atoms with van der Waals surface area (Å²) in [6.07, 6.45) is 3.87. The summed E-state index contributed by atoms with van der Waals surface area (Å²) in [7, 11) is 1.52. The number of hydrogen-bond acceptors (Lipinski definition) is 4. The van der Waals surface area contributed by atoms with Gasteiger partial charge in [0.15, 0.2) is 11.5 Å². The second-order valence-corrected chi connectivity index (χ2v) is 4.05. The Bertz CT molecular complexity index is 457. The molecule has 0 aliphatic carbocycles. The Kier molecular flexibility index (Phi) is 5.85. The monoisotopic (exact) mass is 265 g/mol.